The first-order valence-corrected chi connectivity index (χ1v) is 13.8. The zero-order valence-electron chi connectivity index (χ0n) is 22.0. The Kier molecular flexibility index (Phi) is 6.60. The second-order valence-electron chi connectivity index (χ2n) is 11.3. The monoisotopic (exact) mass is 516 g/mol. The maximum atomic E-state index is 13.5. The molecule has 38 heavy (non-hydrogen) atoms. The van der Waals surface area contributed by atoms with Crippen molar-refractivity contribution in [3.63, 3.8) is 0 Å². The largest absolute Gasteiger partial charge is 0.497 e. The Morgan fingerprint density at radius 1 is 1.00 bits per heavy atom. The summed E-state index contributed by atoms with van der Waals surface area (Å²) in [6.07, 6.45) is 3.26. The first kappa shape index (κ1) is 24.9. The molecule has 8 nitrogen and oxygen atoms in total. The van der Waals surface area contributed by atoms with Crippen molar-refractivity contribution < 1.29 is 19.1 Å². The Bertz CT molecular complexity index is 1190. The standard InChI is InChI=1S/C30H36N4O4/c1-38-25-11-7-21(8-12-25)17-34-28(36)30(31-29(34)37)13-15-32(16-14-30)18-24-19-33(27(35)23-9-10-23)20-26(24)22-5-3-2-4-6-22/h2-8,11-12,23-24,26H,9-10,13-20H2,1H3,(H,31,37). The molecule has 1 saturated carbocycles. The van der Waals surface area contributed by atoms with E-state index < -0.39 is 5.54 Å². The number of ether oxygens (including phenoxy) is 1. The number of rotatable bonds is 7. The Balaban J connectivity index is 1.09. The number of hydrogen-bond donors (Lipinski definition) is 1. The topological polar surface area (TPSA) is 82.2 Å². The summed E-state index contributed by atoms with van der Waals surface area (Å²) in [5.41, 5.74) is 1.37. The number of methoxy groups -OCH3 is 1. The zero-order chi connectivity index (χ0) is 26.3. The molecule has 1 N–H and O–H groups in total. The normalized spacial score (nSPS) is 25.2. The van der Waals surface area contributed by atoms with Crippen LogP contribution >= 0.6 is 0 Å². The summed E-state index contributed by atoms with van der Waals surface area (Å²) in [5, 5.41) is 3.04. The van der Waals surface area contributed by atoms with Crippen LogP contribution in [0.3, 0.4) is 0 Å². The lowest BCUT2D eigenvalue weighted by Gasteiger charge is -2.38. The van der Waals surface area contributed by atoms with E-state index in [0.29, 0.717) is 30.6 Å². The lowest BCUT2D eigenvalue weighted by molar-refractivity contribution is -0.133. The molecule has 3 heterocycles. The van der Waals surface area contributed by atoms with E-state index in [2.05, 4.69) is 39.4 Å². The summed E-state index contributed by atoms with van der Waals surface area (Å²) >= 11 is 0. The van der Waals surface area contributed by atoms with Crippen LogP contribution in [0.4, 0.5) is 4.79 Å². The molecule has 4 amide bonds. The Morgan fingerprint density at radius 3 is 2.37 bits per heavy atom. The molecule has 3 saturated heterocycles. The third-order valence-electron chi connectivity index (χ3n) is 8.85. The molecule has 3 aliphatic heterocycles. The van der Waals surface area contributed by atoms with Crippen LogP contribution in [0.1, 0.15) is 42.7 Å². The Morgan fingerprint density at radius 2 is 1.71 bits per heavy atom. The number of carbonyl (C=O) groups is 3. The van der Waals surface area contributed by atoms with Crippen LogP contribution in [0.5, 0.6) is 5.75 Å². The van der Waals surface area contributed by atoms with Gasteiger partial charge in [0.05, 0.1) is 13.7 Å². The maximum Gasteiger partial charge on any atom is 0.325 e. The number of nitrogens with one attached hydrogen (secondary N) is 1. The molecule has 1 spiro atoms. The van der Waals surface area contributed by atoms with Crippen LogP contribution in [0.2, 0.25) is 0 Å². The Hall–Kier alpha value is -3.39. The van der Waals surface area contributed by atoms with E-state index in [0.717, 1.165) is 56.9 Å². The summed E-state index contributed by atoms with van der Waals surface area (Å²) in [6.45, 7) is 4.22. The van der Waals surface area contributed by atoms with Crippen LogP contribution < -0.4 is 10.1 Å². The molecule has 0 aromatic heterocycles. The molecular formula is C30H36N4O4. The highest BCUT2D eigenvalue weighted by molar-refractivity contribution is 6.07. The number of imide groups is 1. The molecule has 2 aromatic carbocycles. The predicted molar refractivity (Wildman–Crippen MR) is 142 cm³/mol. The fourth-order valence-corrected chi connectivity index (χ4v) is 6.42. The van der Waals surface area contributed by atoms with Crippen LogP contribution in [0.25, 0.3) is 0 Å². The highest BCUT2D eigenvalue weighted by Crippen LogP contribution is 2.39. The fraction of sp³-hybridized carbons (Fsp3) is 0.500. The van der Waals surface area contributed by atoms with Crippen molar-refractivity contribution in [3.8, 4) is 5.75 Å². The lowest BCUT2D eigenvalue weighted by atomic mass is 9.85. The molecule has 6 rings (SSSR count). The molecule has 1 aliphatic carbocycles. The molecule has 2 aromatic rings. The number of amides is 4. The average molecular weight is 517 g/mol. The third-order valence-corrected chi connectivity index (χ3v) is 8.85. The van der Waals surface area contributed by atoms with E-state index >= 15 is 0 Å². The van der Waals surface area contributed by atoms with Crippen molar-refractivity contribution in [1.82, 2.24) is 20.0 Å². The first-order chi connectivity index (χ1) is 18.5. The van der Waals surface area contributed by atoms with Gasteiger partial charge in [0.25, 0.3) is 5.91 Å². The second kappa shape index (κ2) is 10.1. The van der Waals surface area contributed by atoms with E-state index in [4.69, 9.17) is 4.74 Å². The van der Waals surface area contributed by atoms with Gasteiger partial charge in [0, 0.05) is 44.6 Å². The molecule has 0 bridgehead atoms. The number of urea groups is 1. The first-order valence-electron chi connectivity index (χ1n) is 13.8. The summed E-state index contributed by atoms with van der Waals surface area (Å²) < 4.78 is 5.21. The van der Waals surface area contributed by atoms with Crippen LogP contribution in [0.15, 0.2) is 54.6 Å². The average Bonchev–Trinajstić information content (AvgIpc) is 3.68. The smallest absolute Gasteiger partial charge is 0.325 e. The molecule has 0 radical (unpaired) electrons. The van der Waals surface area contributed by atoms with Crippen molar-refractivity contribution in [2.45, 2.75) is 43.7 Å². The lowest BCUT2D eigenvalue weighted by Crippen LogP contribution is -2.55. The van der Waals surface area contributed by atoms with Gasteiger partial charge in [-0.25, -0.2) is 4.79 Å². The molecule has 4 fully saturated rings. The molecule has 2 atom stereocenters. The third kappa shape index (κ3) is 4.77. The molecule has 2 unspecified atom stereocenters. The highest BCUT2D eigenvalue weighted by Gasteiger charge is 2.52. The second-order valence-corrected chi connectivity index (χ2v) is 11.3. The number of likely N-dealkylation sites (tertiary alicyclic amines) is 2. The number of hydrogen-bond acceptors (Lipinski definition) is 5. The van der Waals surface area contributed by atoms with Gasteiger partial charge in [-0.1, -0.05) is 42.5 Å². The fourth-order valence-electron chi connectivity index (χ4n) is 6.42. The SMILES string of the molecule is COc1ccc(CN2C(=O)NC3(CCN(CC4CN(C(=O)C5CC5)CC4c4ccccc4)CC3)C2=O)cc1. The van der Waals surface area contributed by atoms with E-state index in [1.54, 1.807) is 7.11 Å². The minimum atomic E-state index is -0.817. The quantitative estimate of drug-likeness (QED) is 0.572. The summed E-state index contributed by atoms with van der Waals surface area (Å²) in [5.74, 6) is 1.85. The minimum Gasteiger partial charge on any atom is -0.497 e. The van der Waals surface area contributed by atoms with Crippen LogP contribution in [0, 0.1) is 11.8 Å². The van der Waals surface area contributed by atoms with Gasteiger partial charge in [-0.15, -0.1) is 0 Å². The zero-order valence-corrected chi connectivity index (χ0v) is 22.0. The summed E-state index contributed by atoms with van der Waals surface area (Å²) in [6, 6.07) is 17.7. The van der Waals surface area contributed by atoms with Gasteiger partial charge in [0.1, 0.15) is 11.3 Å². The minimum absolute atomic E-state index is 0.123. The Labute approximate surface area is 223 Å². The molecule has 200 valence electrons. The van der Waals surface area contributed by atoms with E-state index in [1.165, 1.54) is 10.5 Å². The number of benzene rings is 2. The van der Waals surface area contributed by atoms with Crippen molar-refractivity contribution in [2.75, 3.05) is 39.8 Å². The van der Waals surface area contributed by atoms with Crippen molar-refractivity contribution in [1.29, 1.82) is 0 Å². The van der Waals surface area contributed by atoms with Crippen LogP contribution in [-0.2, 0) is 16.1 Å². The van der Waals surface area contributed by atoms with Gasteiger partial charge in [-0.05, 0) is 54.9 Å². The van der Waals surface area contributed by atoms with Gasteiger partial charge in [-0.2, -0.15) is 0 Å². The summed E-state index contributed by atoms with van der Waals surface area (Å²) in [4.78, 5) is 45.0. The van der Waals surface area contributed by atoms with E-state index in [9.17, 15) is 14.4 Å². The van der Waals surface area contributed by atoms with Crippen molar-refractivity contribution in [3.05, 3.63) is 65.7 Å². The molecular weight excluding hydrogens is 480 g/mol. The van der Waals surface area contributed by atoms with E-state index in [1.807, 2.05) is 30.3 Å². The predicted octanol–water partition coefficient (Wildman–Crippen LogP) is 3.23. The van der Waals surface area contributed by atoms with E-state index in [-0.39, 0.29) is 24.4 Å². The van der Waals surface area contributed by atoms with Crippen molar-refractivity contribution >= 4 is 17.8 Å². The number of nitrogens with zero attached hydrogens (tertiary/aromatic N) is 3. The highest BCUT2D eigenvalue weighted by atomic mass is 16.5. The van der Waals surface area contributed by atoms with Gasteiger partial charge >= 0.3 is 6.03 Å². The molecule has 8 heteroatoms. The number of carbonyl (C=O) groups excluding carboxylic acids is 3. The van der Waals surface area contributed by atoms with Crippen molar-refractivity contribution in [2.24, 2.45) is 11.8 Å². The van der Waals surface area contributed by atoms with Gasteiger partial charge < -0.3 is 19.9 Å². The molecule has 4 aliphatic rings. The van der Waals surface area contributed by atoms with Crippen LogP contribution in [-0.4, -0.2) is 77.9 Å². The van der Waals surface area contributed by atoms with Gasteiger partial charge in [0.2, 0.25) is 5.91 Å². The summed E-state index contributed by atoms with van der Waals surface area (Å²) in [7, 11) is 1.61. The number of piperidine rings is 1. The van der Waals surface area contributed by atoms with Gasteiger partial charge in [0.15, 0.2) is 0 Å². The van der Waals surface area contributed by atoms with Gasteiger partial charge in [-0.3, -0.25) is 14.5 Å². The maximum absolute atomic E-state index is 13.5.